The highest BCUT2D eigenvalue weighted by molar-refractivity contribution is 14.1. The lowest BCUT2D eigenvalue weighted by Crippen LogP contribution is -2.07. The lowest BCUT2D eigenvalue weighted by Gasteiger charge is -2.05. The van der Waals surface area contributed by atoms with Crippen molar-refractivity contribution in [1.29, 1.82) is 0 Å². The number of rotatable bonds is 1. The van der Waals surface area contributed by atoms with E-state index < -0.39 is 11.9 Å². The van der Waals surface area contributed by atoms with Crippen LogP contribution in [0, 0.1) is 3.70 Å². The Morgan fingerprint density at radius 1 is 1.19 bits per heavy atom. The van der Waals surface area contributed by atoms with Gasteiger partial charge in [-0.1, -0.05) is 0 Å². The molecule has 16 heavy (non-hydrogen) atoms. The molecule has 0 atom stereocenters. The lowest BCUT2D eigenvalue weighted by atomic mass is 10.2. The van der Waals surface area contributed by atoms with Crippen LogP contribution >= 0.6 is 22.6 Å². The molecule has 84 valence electrons. The van der Waals surface area contributed by atoms with Gasteiger partial charge in [-0.2, -0.15) is 13.2 Å². The molecule has 7 heteroatoms. The van der Waals surface area contributed by atoms with Gasteiger partial charge >= 0.3 is 6.18 Å². The fourth-order valence-electron chi connectivity index (χ4n) is 1.12. The zero-order valence-corrected chi connectivity index (χ0v) is 9.78. The van der Waals surface area contributed by atoms with Crippen LogP contribution in [0.2, 0.25) is 0 Å². The molecule has 2 aromatic rings. The molecular formula is C9H4F3IN2O. The lowest BCUT2D eigenvalue weighted by molar-refractivity contribution is -0.141. The average Bonchev–Trinajstić information content (AvgIpc) is 2.63. The SMILES string of the molecule is FC(F)(F)c1ccc(-c2ocnc2I)cn1. The van der Waals surface area contributed by atoms with Crippen LogP contribution in [0.5, 0.6) is 0 Å². The standard InChI is InChI=1S/C9H4F3IN2O/c10-9(11,12)6-2-1-5(3-14-6)7-8(13)15-4-16-7/h1-4H. The van der Waals surface area contributed by atoms with E-state index in [9.17, 15) is 13.2 Å². The number of nitrogens with zero attached hydrogens (tertiary/aromatic N) is 2. The summed E-state index contributed by atoms with van der Waals surface area (Å²) in [6.45, 7) is 0. The predicted molar refractivity (Wildman–Crippen MR) is 57.5 cm³/mol. The number of aromatic nitrogens is 2. The Bertz CT molecular complexity index is 492. The maximum Gasteiger partial charge on any atom is 0.433 e. The van der Waals surface area contributed by atoms with Gasteiger partial charge in [0.2, 0.25) is 0 Å². The fourth-order valence-corrected chi connectivity index (χ4v) is 1.67. The molecule has 0 amide bonds. The molecule has 0 fully saturated rings. The first-order valence-electron chi connectivity index (χ1n) is 4.11. The van der Waals surface area contributed by atoms with Crippen LogP contribution in [-0.2, 0) is 6.18 Å². The van der Waals surface area contributed by atoms with E-state index in [0.717, 1.165) is 12.3 Å². The van der Waals surface area contributed by atoms with Crippen molar-refractivity contribution < 1.29 is 17.6 Å². The van der Waals surface area contributed by atoms with E-state index in [4.69, 9.17) is 4.42 Å². The second kappa shape index (κ2) is 4.04. The molecule has 0 radical (unpaired) electrons. The second-order valence-corrected chi connectivity index (χ2v) is 3.92. The minimum Gasteiger partial charge on any atom is -0.442 e. The van der Waals surface area contributed by atoms with E-state index in [2.05, 4.69) is 9.97 Å². The first kappa shape index (κ1) is 11.4. The van der Waals surface area contributed by atoms with Gasteiger partial charge in [-0.05, 0) is 34.7 Å². The van der Waals surface area contributed by atoms with E-state index in [1.807, 2.05) is 22.6 Å². The quantitative estimate of drug-likeness (QED) is 0.748. The van der Waals surface area contributed by atoms with Crippen LogP contribution in [0.1, 0.15) is 5.69 Å². The van der Waals surface area contributed by atoms with Crippen molar-refractivity contribution in [1.82, 2.24) is 9.97 Å². The summed E-state index contributed by atoms with van der Waals surface area (Å²) in [5.74, 6) is 0.418. The molecule has 0 aliphatic heterocycles. The van der Waals surface area contributed by atoms with Crippen LogP contribution in [0.4, 0.5) is 13.2 Å². The van der Waals surface area contributed by atoms with E-state index >= 15 is 0 Å². The van der Waals surface area contributed by atoms with E-state index in [1.54, 1.807) is 0 Å². The molecule has 2 rings (SSSR count). The second-order valence-electron chi connectivity index (χ2n) is 2.90. The molecule has 0 saturated carbocycles. The summed E-state index contributed by atoms with van der Waals surface area (Å²) in [6.07, 6.45) is -2.08. The Hall–Kier alpha value is -1.12. The van der Waals surface area contributed by atoms with Gasteiger partial charge in [-0.3, -0.25) is 4.98 Å². The number of hydrogen-bond donors (Lipinski definition) is 0. The third-order valence-electron chi connectivity index (χ3n) is 1.84. The summed E-state index contributed by atoms with van der Waals surface area (Å²) < 4.78 is 42.3. The molecule has 0 aliphatic carbocycles. The molecule has 0 unspecified atom stereocenters. The Morgan fingerprint density at radius 3 is 2.38 bits per heavy atom. The van der Waals surface area contributed by atoms with Crippen LogP contribution in [0.25, 0.3) is 11.3 Å². The maximum atomic E-state index is 12.2. The molecule has 0 saturated heterocycles. The number of oxazole rings is 1. The highest BCUT2D eigenvalue weighted by atomic mass is 127. The average molecular weight is 340 g/mol. The number of halogens is 4. The van der Waals surface area contributed by atoms with Gasteiger partial charge in [-0.15, -0.1) is 0 Å². The van der Waals surface area contributed by atoms with Gasteiger partial charge in [0.05, 0.1) is 0 Å². The van der Waals surface area contributed by atoms with Gasteiger partial charge in [0.25, 0.3) is 0 Å². The van der Waals surface area contributed by atoms with E-state index in [-0.39, 0.29) is 0 Å². The van der Waals surface area contributed by atoms with Gasteiger partial charge in [-0.25, -0.2) is 4.98 Å². The van der Waals surface area contributed by atoms with Crippen molar-refractivity contribution in [3.8, 4) is 11.3 Å². The van der Waals surface area contributed by atoms with Crippen LogP contribution in [0.15, 0.2) is 29.1 Å². The largest absolute Gasteiger partial charge is 0.442 e. The third-order valence-corrected chi connectivity index (χ3v) is 2.61. The molecule has 0 bridgehead atoms. The molecular weight excluding hydrogens is 336 g/mol. The Kier molecular flexibility index (Phi) is 2.87. The van der Waals surface area contributed by atoms with Crippen LogP contribution < -0.4 is 0 Å². The number of pyridine rings is 1. The zero-order valence-electron chi connectivity index (χ0n) is 7.62. The number of hydrogen-bond acceptors (Lipinski definition) is 3. The highest BCUT2D eigenvalue weighted by Crippen LogP contribution is 2.29. The monoisotopic (exact) mass is 340 g/mol. The first-order valence-corrected chi connectivity index (χ1v) is 5.19. The molecule has 2 heterocycles. The Balaban J connectivity index is 2.37. The van der Waals surface area contributed by atoms with Gasteiger partial charge in [0, 0.05) is 11.8 Å². The van der Waals surface area contributed by atoms with Crippen LogP contribution in [-0.4, -0.2) is 9.97 Å². The predicted octanol–water partition coefficient (Wildman–Crippen LogP) is 3.36. The Labute approximate surface area is 102 Å². The van der Waals surface area contributed by atoms with Gasteiger partial charge < -0.3 is 4.42 Å². The van der Waals surface area contributed by atoms with Crippen molar-refractivity contribution in [2.75, 3.05) is 0 Å². The maximum absolute atomic E-state index is 12.2. The van der Waals surface area contributed by atoms with E-state index in [0.29, 0.717) is 15.0 Å². The van der Waals surface area contributed by atoms with E-state index in [1.165, 1.54) is 12.5 Å². The van der Waals surface area contributed by atoms with Gasteiger partial charge in [0.1, 0.15) is 9.39 Å². The molecule has 0 spiro atoms. The van der Waals surface area contributed by atoms with Crippen molar-refractivity contribution in [2.24, 2.45) is 0 Å². The smallest absolute Gasteiger partial charge is 0.433 e. The fraction of sp³-hybridized carbons (Fsp3) is 0.111. The van der Waals surface area contributed by atoms with Crippen molar-refractivity contribution >= 4 is 22.6 Å². The molecule has 0 N–H and O–H groups in total. The van der Waals surface area contributed by atoms with Gasteiger partial charge in [0.15, 0.2) is 12.2 Å². The highest BCUT2D eigenvalue weighted by Gasteiger charge is 2.32. The number of alkyl halides is 3. The first-order chi connectivity index (χ1) is 7.48. The summed E-state index contributed by atoms with van der Waals surface area (Å²) in [5.41, 5.74) is -0.458. The zero-order chi connectivity index (χ0) is 11.8. The molecule has 2 aromatic heterocycles. The Morgan fingerprint density at radius 2 is 1.94 bits per heavy atom. The third kappa shape index (κ3) is 2.18. The normalized spacial score (nSPS) is 11.8. The molecule has 3 nitrogen and oxygen atoms in total. The topological polar surface area (TPSA) is 38.9 Å². The summed E-state index contributed by atoms with van der Waals surface area (Å²) in [5, 5.41) is 0. The summed E-state index contributed by atoms with van der Waals surface area (Å²) in [7, 11) is 0. The molecule has 0 aliphatic rings. The van der Waals surface area contributed by atoms with Crippen molar-refractivity contribution in [2.45, 2.75) is 6.18 Å². The summed E-state index contributed by atoms with van der Waals surface area (Å²) in [4.78, 5) is 7.17. The molecule has 0 aromatic carbocycles. The summed E-state index contributed by atoms with van der Waals surface area (Å²) in [6, 6.07) is 2.21. The van der Waals surface area contributed by atoms with Crippen molar-refractivity contribution in [3.63, 3.8) is 0 Å². The van der Waals surface area contributed by atoms with Crippen molar-refractivity contribution in [3.05, 3.63) is 34.1 Å². The minimum absolute atomic E-state index is 0.418. The minimum atomic E-state index is -4.42. The summed E-state index contributed by atoms with van der Waals surface area (Å²) >= 11 is 1.93. The van der Waals surface area contributed by atoms with Crippen LogP contribution in [0.3, 0.4) is 0 Å².